The van der Waals surface area contributed by atoms with Crippen molar-refractivity contribution in [2.45, 2.75) is 51.5 Å². The summed E-state index contributed by atoms with van der Waals surface area (Å²) < 4.78 is 27.6. The molecule has 0 atom stereocenters. The second-order valence-corrected chi connectivity index (χ2v) is 11.6. The van der Waals surface area contributed by atoms with E-state index in [0.717, 1.165) is 68.2 Å². The summed E-state index contributed by atoms with van der Waals surface area (Å²) in [6, 6.07) is 28.8. The van der Waals surface area contributed by atoms with E-state index in [9.17, 15) is 5.26 Å². The van der Waals surface area contributed by atoms with Crippen molar-refractivity contribution in [2.75, 3.05) is 18.0 Å². The van der Waals surface area contributed by atoms with Crippen LogP contribution in [0.25, 0.3) is 11.1 Å². The first kappa shape index (κ1) is 27.8. The van der Waals surface area contributed by atoms with Gasteiger partial charge < -0.3 is 14.4 Å². The average Bonchev–Trinajstić information content (AvgIpc) is 3.05. The van der Waals surface area contributed by atoms with E-state index in [1.54, 1.807) is 12.1 Å². The van der Waals surface area contributed by atoms with Gasteiger partial charge >= 0.3 is 0 Å². The molecule has 42 heavy (non-hydrogen) atoms. The van der Waals surface area contributed by atoms with E-state index >= 15 is 4.39 Å². The Balaban J connectivity index is 1.23. The zero-order chi connectivity index (χ0) is 28.8. The fourth-order valence-electron chi connectivity index (χ4n) is 6.29. The molecule has 7 heteroatoms. The summed E-state index contributed by atoms with van der Waals surface area (Å²) >= 11 is 0. The van der Waals surface area contributed by atoms with E-state index in [-0.39, 0.29) is 12.5 Å². The van der Waals surface area contributed by atoms with Gasteiger partial charge in [0.25, 0.3) is 6.71 Å². The Morgan fingerprint density at radius 1 is 0.786 bits per heavy atom. The number of aromatic nitrogens is 1. The molecule has 1 aromatic heterocycles. The third kappa shape index (κ3) is 6.44. The van der Waals surface area contributed by atoms with Crippen LogP contribution in [0.2, 0.25) is 12.6 Å². The number of ether oxygens (including phenoxy) is 2. The van der Waals surface area contributed by atoms with Gasteiger partial charge in [0.2, 0.25) is 11.8 Å². The van der Waals surface area contributed by atoms with E-state index < -0.39 is 0 Å². The van der Waals surface area contributed by atoms with E-state index in [0.29, 0.717) is 41.5 Å². The number of rotatable bonds is 8. The molecule has 0 amide bonds. The van der Waals surface area contributed by atoms with Gasteiger partial charge in [0.05, 0.1) is 0 Å². The van der Waals surface area contributed by atoms with Gasteiger partial charge in [-0.3, -0.25) is 0 Å². The van der Waals surface area contributed by atoms with Crippen LogP contribution in [0.1, 0.15) is 36.8 Å². The van der Waals surface area contributed by atoms with Gasteiger partial charge in [-0.2, -0.15) is 4.98 Å². The van der Waals surface area contributed by atoms with Crippen LogP contribution < -0.4 is 14.4 Å². The summed E-state index contributed by atoms with van der Waals surface area (Å²) in [4.78, 5) is 7.05. The number of nitrogens with zero attached hydrogens (tertiary/aromatic N) is 3. The molecule has 0 saturated carbocycles. The predicted octanol–water partition coefficient (Wildman–Crippen LogP) is 7.98. The van der Waals surface area contributed by atoms with Gasteiger partial charge in [0.1, 0.15) is 19.0 Å². The van der Waals surface area contributed by atoms with Crippen LogP contribution in [0.4, 0.5) is 10.1 Å². The van der Waals surface area contributed by atoms with Crippen molar-refractivity contribution >= 4 is 12.4 Å². The Hall–Kier alpha value is -4.31. The molecule has 212 valence electrons. The molecule has 0 bridgehead atoms. The number of hydrogen-bond donors (Lipinski definition) is 0. The van der Waals surface area contributed by atoms with Gasteiger partial charge in [-0.25, -0.2) is 9.65 Å². The van der Waals surface area contributed by atoms with Crippen molar-refractivity contribution in [2.24, 2.45) is 5.41 Å². The minimum Gasteiger partial charge on any atom is -0.473 e. The fourth-order valence-corrected chi connectivity index (χ4v) is 6.29. The second kappa shape index (κ2) is 12.7. The molecule has 1 spiro atoms. The summed E-state index contributed by atoms with van der Waals surface area (Å²) in [5.74, 6) is 2.91. The number of pyridine rings is 1. The molecule has 2 fully saturated rings. The SMILES string of the molecule is N#CB1CCC2(CC1)CCN(c1ccc(F)c(-c3ccc(OCc4ccccc4)nc3OCc3ccccc3)c1)CC2. The fraction of sp³-hybridized carbons (Fsp3) is 0.314. The number of nitriles is 1. The summed E-state index contributed by atoms with van der Waals surface area (Å²) in [5, 5.41) is 9.30. The molecular weight excluding hydrogens is 524 g/mol. The number of piperidine rings is 1. The van der Waals surface area contributed by atoms with Crippen LogP contribution >= 0.6 is 0 Å². The van der Waals surface area contributed by atoms with E-state index in [1.165, 1.54) is 0 Å². The molecule has 0 radical (unpaired) electrons. The molecule has 3 aromatic carbocycles. The maximum absolute atomic E-state index is 15.4. The van der Waals surface area contributed by atoms with Crippen LogP contribution in [0, 0.1) is 22.5 Å². The van der Waals surface area contributed by atoms with Crippen molar-refractivity contribution in [3.8, 4) is 28.9 Å². The molecule has 5 nitrogen and oxygen atoms in total. The van der Waals surface area contributed by atoms with Crippen molar-refractivity contribution in [1.82, 2.24) is 4.98 Å². The van der Waals surface area contributed by atoms with Crippen molar-refractivity contribution < 1.29 is 13.9 Å². The van der Waals surface area contributed by atoms with Crippen LogP contribution in [0.3, 0.4) is 0 Å². The smallest absolute Gasteiger partial charge is 0.267 e. The Labute approximate surface area is 248 Å². The Kier molecular flexibility index (Phi) is 8.41. The first-order valence-electron chi connectivity index (χ1n) is 14.9. The van der Waals surface area contributed by atoms with Gasteiger partial charge in [-0.15, -0.1) is 0 Å². The molecule has 0 unspecified atom stereocenters. The highest BCUT2D eigenvalue weighted by atomic mass is 19.1. The highest BCUT2D eigenvalue weighted by molar-refractivity contribution is 6.67. The number of benzene rings is 3. The third-order valence-corrected chi connectivity index (χ3v) is 8.94. The van der Waals surface area contributed by atoms with Gasteiger partial charge in [0.15, 0.2) is 0 Å². The van der Waals surface area contributed by atoms with Crippen molar-refractivity contribution in [3.05, 3.63) is 108 Å². The lowest BCUT2D eigenvalue weighted by molar-refractivity contribution is 0.191. The lowest BCUT2D eigenvalue weighted by Gasteiger charge is -2.45. The average molecular weight is 559 g/mol. The lowest BCUT2D eigenvalue weighted by Crippen LogP contribution is -2.42. The predicted molar refractivity (Wildman–Crippen MR) is 165 cm³/mol. The van der Waals surface area contributed by atoms with Gasteiger partial charge in [-0.1, -0.05) is 86.1 Å². The van der Waals surface area contributed by atoms with Gasteiger partial charge in [-0.05, 0) is 53.6 Å². The van der Waals surface area contributed by atoms with E-state index in [2.05, 4.69) is 15.9 Å². The topological polar surface area (TPSA) is 58.4 Å². The minimum absolute atomic E-state index is 0.218. The number of anilines is 1. The Morgan fingerprint density at radius 3 is 2.07 bits per heavy atom. The second-order valence-electron chi connectivity index (χ2n) is 11.6. The summed E-state index contributed by atoms with van der Waals surface area (Å²) in [6.45, 7) is 2.78. The third-order valence-electron chi connectivity index (χ3n) is 8.94. The van der Waals surface area contributed by atoms with Crippen molar-refractivity contribution in [1.29, 1.82) is 5.26 Å². The highest BCUT2D eigenvalue weighted by Crippen LogP contribution is 2.46. The number of hydrogen-bond acceptors (Lipinski definition) is 5. The maximum Gasteiger partial charge on any atom is 0.267 e. The summed E-state index contributed by atoms with van der Waals surface area (Å²) in [5.41, 5.74) is 4.46. The number of halogens is 1. The largest absolute Gasteiger partial charge is 0.473 e. The molecule has 6 rings (SSSR count). The molecule has 2 aliphatic rings. The first-order chi connectivity index (χ1) is 20.6. The van der Waals surface area contributed by atoms with Crippen LogP contribution in [-0.4, -0.2) is 24.8 Å². The van der Waals surface area contributed by atoms with Crippen molar-refractivity contribution in [3.63, 3.8) is 0 Å². The van der Waals surface area contributed by atoms with Crippen LogP contribution in [0.5, 0.6) is 11.8 Å². The summed E-state index contributed by atoms with van der Waals surface area (Å²) in [7, 11) is 0. The normalized spacial score (nSPS) is 16.2. The Morgan fingerprint density at radius 2 is 1.43 bits per heavy atom. The van der Waals surface area contributed by atoms with E-state index in [1.807, 2.05) is 78.9 Å². The zero-order valence-corrected chi connectivity index (χ0v) is 23.8. The Bertz CT molecular complexity index is 1530. The minimum atomic E-state index is -0.314. The molecule has 2 saturated heterocycles. The standard InChI is InChI=1S/C35H35BFN3O2/c37-32-13-11-29(40-21-17-35(18-22-40)15-19-36(26-38)20-16-35)23-31(32)30-12-14-33(41-24-27-7-3-1-4-8-27)39-34(30)42-25-28-9-5-2-6-10-28/h1-14,23H,15-22,24-25H2. The van der Waals surface area contributed by atoms with Gasteiger partial charge in [0, 0.05) is 41.9 Å². The lowest BCUT2D eigenvalue weighted by atomic mass is 9.39. The quantitative estimate of drug-likeness (QED) is 0.205. The maximum atomic E-state index is 15.4. The highest BCUT2D eigenvalue weighted by Gasteiger charge is 2.39. The molecule has 3 heterocycles. The molecule has 2 aliphatic heterocycles. The zero-order valence-electron chi connectivity index (χ0n) is 23.8. The molecule has 0 N–H and O–H groups in total. The molecule has 4 aromatic rings. The molecular formula is C35H35BFN3O2. The van der Waals surface area contributed by atoms with E-state index in [4.69, 9.17) is 9.47 Å². The van der Waals surface area contributed by atoms with Crippen LogP contribution in [0.15, 0.2) is 91.0 Å². The monoisotopic (exact) mass is 559 g/mol. The summed E-state index contributed by atoms with van der Waals surface area (Å²) in [6.07, 6.45) is 6.53. The molecule has 0 aliphatic carbocycles. The van der Waals surface area contributed by atoms with Crippen LogP contribution in [-0.2, 0) is 13.2 Å². The first-order valence-corrected chi connectivity index (χ1v) is 14.9.